The maximum absolute atomic E-state index is 12.7. The Labute approximate surface area is 187 Å². The number of hydrogen-bond acceptors (Lipinski definition) is 3. The van der Waals surface area contributed by atoms with Crippen molar-refractivity contribution in [1.29, 1.82) is 0 Å². The molecule has 0 unspecified atom stereocenters. The van der Waals surface area contributed by atoms with E-state index in [-0.39, 0.29) is 35.2 Å². The van der Waals surface area contributed by atoms with E-state index in [0.29, 0.717) is 5.56 Å². The van der Waals surface area contributed by atoms with E-state index in [1.54, 1.807) is 27.7 Å². The van der Waals surface area contributed by atoms with Gasteiger partial charge in [0.25, 0.3) is 0 Å². The lowest BCUT2D eigenvalue weighted by atomic mass is 10.1. The standard InChI is InChI=1S/C11H12ClF3O.C11H13F3O2/c1-7(2)16-10-4-3-8(6-12)5-9(10)11(13,14)15;1-7(2)16-10-4-3-8(6-15)5-9(10)11(12,13)14/h3-5,7H,6H2,1-2H3;3-5,7,15H,6H2,1-2H3. The van der Waals surface area contributed by atoms with Crippen molar-refractivity contribution in [3.63, 3.8) is 0 Å². The predicted molar refractivity (Wildman–Crippen MR) is 110 cm³/mol. The summed E-state index contributed by atoms with van der Waals surface area (Å²) in [5, 5.41) is 8.79. The van der Waals surface area contributed by atoms with Gasteiger partial charge in [-0.05, 0) is 63.1 Å². The first-order valence-corrected chi connectivity index (χ1v) is 10.1. The van der Waals surface area contributed by atoms with Crippen molar-refractivity contribution in [2.45, 2.75) is 64.7 Å². The maximum Gasteiger partial charge on any atom is 0.419 e. The lowest BCUT2D eigenvalue weighted by Gasteiger charge is -2.16. The molecule has 2 rings (SSSR count). The van der Waals surface area contributed by atoms with Gasteiger partial charge in [-0.15, -0.1) is 11.6 Å². The van der Waals surface area contributed by atoms with Crippen molar-refractivity contribution >= 4 is 11.6 Å². The molecular weight excluding hydrogens is 462 g/mol. The highest BCUT2D eigenvalue weighted by Gasteiger charge is 2.35. The number of benzene rings is 2. The molecule has 0 heterocycles. The van der Waals surface area contributed by atoms with Crippen molar-refractivity contribution in [3.8, 4) is 11.5 Å². The van der Waals surface area contributed by atoms with Crippen molar-refractivity contribution < 1.29 is 40.9 Å². The fourth-order valence-corrected chi connectivity index (χ4v) is 2.66. The van der Waals surface area contributed by atoms with Gasteiger partial charge in [0.15, 0.2) is 0 Å². The smallest absolute Gasteiger partial charge is 0.419 e. The third kappa shape index (κ3) is 8.78. The van der Waals surface area contributed by atoms with Crippen LogP contribution in [0.25, 0.3) is 0 Å². The molecule has 10 heteroatoms. The minimum Gasteiger partial charge on any atom is -0.490 e. The first-order chi connectivity index (χ1) is 14.7. The molecule has 0 bridgehead atoms. The van der Waals surface area contributed by atoms with Gasteiger partial charge in [-0.3, -0.25) is 0 Å². The topological polar surface area (TPSA) is 38.7 Å². The Morgan fingerprint density at radius 2 is 1.12 bits per heavy atom. The van der Waals surface area contributed by atoms with Crippen LogP contribution >= 0.6 is 11.6 Å². The molecule has 0 atom stereocenters. The van der Waals surface area contributed by atoms with Crippen molar-refractivity contribution in [2.75, 3.05) is 0 Å². The SMILES string of the molecule is CC(C)Oc1ccc(CCl)cc1C(F)(F)F.CC(C)Oc1ccc(CO)cc1C(F)(F)F. The number of rotatable bonds is 6. The van der Waals surface area contributed by atoms with Crippen LogP contribution in [0.15, 0.2) is 36.4 Å². The molecule has 0 aliphatic carbocycles. The monoisotopic (exact) mass is 486 g/mol. The number of aliphatic hydroxyl groups excluding tert-OH is 1. The molecule has 0 aliphatic heterocycles. The molecule has 0 spiro atoms. The summed E-state index contributed by atoms with van der Waals surface area (Å²) in [6, 6.07) is 7.39. The second-order valence-electron chi connectivity index (χ2n) is 7.28. The van der Waals surface area contributed by atoms with Crippen LogP contribution in [0.2, 0.25) is 0 Å². The van der Waals surface area contributed by atoms with Crippen LogP contribution < -0.4 is 9.47 Å². The first kappa shape index (κ1) is 27.9. The van der Waals surface area contributed by atoms with Crippen LogP contribution in [0.4, 0.5) is 26.3 Å². The van der Waals surface area contributed by atoms with Gasteiger partial charge >= 0.3 is 12.4 Å². The molecule has 0 amide bonds. The Balaban J connectivity index is 0.000000320. The largest absolute Gasteiger partial charge is 0.490 e. The van der Waals surface area contributed by atoms with E-state index in [4.69, 9.17) is 26.2 Å². The summed E-state index contributed by atoms with van der Waals surface area (Å²) < 4.78 is 86.2. The second-order valence-corrected chi connectivity index (χ2v) is 7.55. The molecule has 1 N–H and O–H groups in total. The van der Waals surface area contributed by atoms with Crippen LogP contribution in [0.5, 0.6) is 11.5 Å². The molecule has 2 aromatic rings. The van der Waals surface area contributed by atoms with Gasteiger partial charge in [-0.1, -0.05) is 12.1 Å². The predicted octanol–water partition coefficient (Wildman–Crippen LogP) is 7.22. The van der Waals surface area contributed by atoms with Crippen LogP contribution in [-0.2, 0) is 24.8 Å². The Bertz CT molecular complexity index is 792. The number of halogens is 7. The molecule has 0 aliphatic rings. The zero-order valence-electron chi connectivity index (χ0n) is 17.9. The lowest BCUT2D eigenvalue weighted by molar-refractivity contribution is -0.140. The zero-order chi connectivity index (χ0) is 24.7. The molecule has 3 nitrogen and oxygen atoms in total. The molecular formula is C22H25ClF6O3. The lowest BCUT2D eigenvalue weighted by Crippen LogP contribution is -2.13. The van der Waals surface area contributed by atoms with E-state index < -0.39 is 30.1 Å². The number of alkyl halides is 7. The second kappa shape index (κ2) is 11.7. The minimum atomic E-state index is -4.48. The molecule has 0 aromatic heterocycles. The molecule has 180 valence electrons. The fraction of sp³-hybridized carbons (Fsp3) is 0.455. The van der Waals surface area contributed by atoms with Crippen LogP contribution in [-0.4, -0.2) is 17.3 Å². The number of ether oxygens (including phenoxy) is 2. The minimum absolute atomic E-state index is 0.0467. The maximum atomic E-state index is 12.7. The van der Waals surface area contributed by atoms with E-state index in [9.17, 15) is 26.3 Å². The molecule has 0 saturated carbocycles. The number of hydrogen-bond donors (Lipinski definition) is 1. The summed E-state index contributed by atoms with van der Waals surface area (Å²) >= 11 is 5.50. The first-order valence-electron chi connectivity index (χ1n) is 9.59. The summed E-state index contributed by atoms with van der Waals surface area (Å²) in [6.45, 7) is 6.23. The molecule has 32 heavy (non-hydrogen) atoms. The highest BCUT2D eigenvalue weighted by atomic mass is 35.5. The summed E-state index contributed by atoms with van der Waals surface area (Å²) in [7, 11) is 0. The highest BCUT2D eigenvalue weighted by Crippen LogP contribution is 2.38. The zero-order valence-corrected chi connectivity index (χ0v) is 18.7. The van der Waals surface area contributed by atoms with E-state index in [1.807, 2.05) is 0 Å². The van der Waals surface area contributed by atoms with Gasteiger partial charge in [0.05, 0.1) is 29.9 Å². The molecule has 0 fully saturated rings. The third-order valence-electron chi connectivity index (χ3n) is 3.76. The average Bonchev–Trinajstić information content (AvgIpc) is 2.66. The van der Waals surface area contributed by atoms with E-state index in [0.717, 1.165) is 12.1 Å². The van der Waals surface area contributed by atoms with Crippen molar-refractivity contribution in [1.82, 2.24) is 0 Å². The van der Waals surface area contributed by atoms with Gasteiger partial charge < -0.3 is 14.6 Å². The summed E-state index contributed by atoms with van der Waals surface area (Å²) in [5.74, 6) is -0.318. The quantitative estimate of drug-likeness (QED) is 0.346. The third-order valence-corrected chi connectivity index (χ3v) is 4.07. The van der Waals surface area contributed by atoms with Gasteiger partial charge in [0.2, 0.25) is 0 Å². The molecule has 0 radical (unpaired) electrons. The van der Waals surface area contributed by atoms with Crippen molar-refractivity contribution in [3.05, 3.63) is 58.7 Å². The Hall–Kier alpha value is -2.13. The summed E-state index contributed by atoms with van der Waals surface area (Å²) in [5.41, 5.74) is -0.999. The van der Waals surface area contributed by atoms with E-state index >= 15 is 0 Å². The summed E-state index contributed by atoms with van der Waals surface area (Å²) in [4.78, 5) is 0. The van der Waals surface area contributed by atoms with Gasteiger partial charge in [-0.2, -0.15) is 26.3 Å². The van der Waals surface area contributed by atoms with Gasteiger partial charge in [-0.25, -0.2) is 0 Å². The van der Waals surface area contributed by atoms with Crippen LogP contribution in [0.1, 0.15) is 49.9 Å². The Morgan fingerprint density at radius 1 is 0.750 bits per heavy atom. The Morgan fingerprint density at radius 3 is 1.44 bits per heavy atom. The Kier molecular flexibility index (Phi) is 10.2. The van der Waals surface area contributed by atoms with Crippen molar-refractivity contribution in [2.24, 2.45) is 0 Å². The van der Waals surface area contributed by atoms with Gasteiger partial charge in [0.1, 0.15) is 11.5 Å². The van der Waals surface area contributed by atoms with Crippen LogP contribution in [0, 0.1) is 0 Å². The van der Waals surface area contributed by atoms with Crippen LogP contribution in [0.3, 0.4) is 0 Å². The number of aliphatic hydroxyl groups is 1. The normalized spacial score (nSPS) is 11.9. The highest BCUT2D eigenvalue weighted by molar-refractivity contribution is 6.17. The van der Waals surface area contributed by atoms with E-state index in [1.165, 1.54) is 24.3 Å². The van der Waals surface area contributed by atoms with E-state index in [2.05, 4.69) is 0 Å². The molecule has 0 saturated heterocycles. The molecule has 2 aromatic carbocycles. The summed E-state index contributed by atoms with van der Waals surface area (Å²) in [6.07, 6.45) is -9.54. The van der Waals surface area contributed by atoms with Gasteiger partial charge in [0, 0.05) is 5.88 Å². The fourth-order valence-electron chi connectivity index (χ4n) is 2.49. The average molecular weight is 487 g/mol.